The van der Waals surface area contributed by atoms with Gasteiger partial charge in [0.05, 0.1) is 12.7 Å². The van der Waals surface area contributed by atoms with Gasteiger partial charge in [-0.1, -0.05) is 30.9 Å². The number of guanidine groups is 1. The Kier molecular flexibility index (Phi) is 11.2. The molecule has 2 rings (SSSR count). The lowest BCUT2D eigenvalue weighted by Gasteiger charge is -2.12. The summed E-state index contributed by atoms with van der Waals surface area (Å²) in [6.45, 7) is 11.4. The molecule has 0 unspecified atom stereocenters. The maximum absolute atomic E-state index is 5.69. The summed E-state index contributed by atoms with van der Waals surface area (Å²) >= 11 is 0. The zero-order chi connectivity index (χ0) is 18.6. The molecule has 1 heterocycles. The average Bonchev–Trinajstić information content (AvgIpc) is 3.07. The molecule has 0 bridgehead atoms. The molecule has 1 aromatic heterocycles. The van der Waals surface area contributed by atoms with Gasteiger partial charge in [-0.2, -0.15) is 5.10 Å². The summed E-state index contributed by atoms with van der Waals surface area (Å²) in [6, 6.07) is 7.95. The van der Waals surface area contributed by atoms with E-state index >= 15 is 0 Å². The zero-order valence-corrected chi connectivity index (χ0v) is 18.5. The predicted molar refractivity (Wildman–Crippen MR) is 122 cm³/mol. The Morgan fingerprint density at radius 2 is 2.15 bits per heavy atom. The van der Waals surface area contributed by atoms with E-state index in [2.05, 4.69) is 40.4 Å². The summed E-state index contributed by atoms with van der Waals surface area (Å²) in [6.07, 6.45) is 6.65. The fraction of sp³-hybridized carbons (Fsp3) is 0.400. The Labute approximate surface area is 179 Å². The molecule has 0 amide bonds. The minimum atomic E-state index is 0. The average molecular weight is 483 g/mol. The standard InChI is InChI=1S/C20H29N5O.HI/c1-4-13-26-19-10-7-6-9-18(19)15-23-20(21-5-2)22-11-8-12-25-16-17(3)14-24-25;/h4,6-7,9-10,14,16H,1,5,8,11-13,15H2,2-3H3,(H2,21,22,23);1H. The van der Waals surface area contributed by atoms with Crippen molar-refractivity contribution in [3.8, 4) is 5.75 Å². The minimum Gasteiger partial charge on any atom is -0.489 e. The number of para-hydroxylation sites is 1. The second kappa shape index (κ2) is 13.2. The highest BCUT2D eigenvalue weighted by atomic mass is 127. The molecule has 0 radical (unpaired) electrons. The molecule has 0 fully saturated rings. The minimum absolute atomic E-state index is 0. The lowest BCUT2D eigenvalue weighted by molar-refractivity contribution is 0.359. The van der Waals surface area contributed by atoms with E-state index in [1.165, 1.54) is 5.56 Å². The number of aliphatic imine (C=N–C) groups is 1. The number of benzene rings is 1. The summed E-state index contributed by atoms with van der Waals surface area (Å²) in [4.78, 5) is 4.67. The first-order valence-corrected chi connectivity index (χ1v) is 9.05. The topological polar surface area (TPSA) is 63.5 Å². The summed E-state index contributed by atoms with van der Waals surface area (Å²) in [5, 5.41) is 11.0. The first kappa shape index (κ1) is 23.0. The molecule has 2 aromatic rings. The van der Waals surface area contributed by atoms with E-state index in [-0.39, 0.29) is 24.0 Å². The van der Waals surface area contributed by atoms with Crippen LogP contribution in [-0.2, 0) is 13.1 Å². The molecule has 27 heavy (non-hydrogen) atoms. The van der Waals surface area contributed by atoms with Gasteiger partial charge in [-0.15, -0.1) is 24.0 Å². The quantitative estimate of drug-likeness (QED) is 0.179. The largest absolute Gasteiger partial charge is 0.489 e. The molecule has 148 valence electrons. The van der Waals surface area contributed by atoms with Crippen LogP contribution in [0.2, 0.25) is 0 Å². The fourth-order valence-corrected chi connectivity index (χ4v) is 2.47. The number of nitrogens with one attached hydrogen (secondary N) is 2. The van der Waals surface area contributed by atoms with E-state index in [4.69, 9.17) is 4.74 Å². The third-order valence-corrected chi connectivity index (χ3v) is 3.70. The van der Waals surface area contributed by atoms with Crippen molar-refractivity contribution in [2.75, 3.05) is 19.7 Å². The molecule has 0 saturated heterocycles. The van der Waals surface area contributed by atoms with Crippen LogP contribution >= 0.6 is 24.0 Å². The van der Waals surface area contributed by atoms with Crippen molar-refractivity contribution in [2.24, 2.45) is 4.99 Å². The molecule has 6 nitrogen and oxygen atoms in total. The maximum atomic E-state index is 5.69. The van der Waals surface area contributed by atoms with Crippen LogP contribution in [0.1, 0.15) is 24.5 Å². The van der Waals surface area contributed by atoms with Crippen LogP contribution in [0.15, 0.2) is 54.3 Å². The van der Waals surface area contributed by atoms with Crippen molar-refractivity contribution < 1.29 is 4.74 Å². The Bertz CT molecular complexity index is 714. The van der Waals surface area contributed by atoms with E-state index in [0.717, 1.165) is 43.3 Å². The van der Waals surface area contributed by atoms with Crippen molar-refractivity contribution in [1.82, 2.24) is 20.4 Å². The zero-order valence-electron chi connectivity index (χ0n) is 16.1. The SMILES string of the molecule is C=CCOc1ccccc1CN=C(NCC)NCCCn1cc(C)cn1.I. The number of halogens is 1. The van der Waals surface area contributed by atoms with Crippen molar-refractivity contribution in [3.05, 3.63) is 60.4 Å². The lowest BCUT2D eigenvalue weighted by atomic mass is 10.2. The van der Waals surface area contributed by atoms with E-state index < -0.39 is 0 Å². The predicted octanol–water partition coefficient (Wildman–Crippen LogP) is 3.52. The van der Waals surface area contributed by atoms with Gasteiger partial charge < -0.3 is 15.4 Å². The summed E-state index contributed by atoms with van der Waals surface area (Å²) < 4.78 is 7.66. The van der Waals surface area contributed by atoms with Crippen LogP contribution in [-0.4, -0.2) is 35.4 Å². The molecular formula is C20H30IN5O. The van der Waals surface area contributed by atoms with Crippen molar-refractivity contribution in [3.63, 3.8) is 0 Å². The summed E-state index contributed by atoms with van der Waals surface area (Å²) in [5.41, 5.74) is 2.24. The van der Waals surface area contributed by atoms with Crippen molar-refractivity contribution in [2.45, 2.75) is 33.4 Å². The Morgan fingerprint density at radius 1 is 1.33 bits per heavy atom. The second-order valence-corrected chi connectivity index (χ2v) is 5.96. The van der Waals surface area contributed by atoms with Gasteiger partial charge in [-0.25, -0.2) is 4.99 Å². The molecule has 0 atom stereocenters. The monoisotopic (exact) mass is 483 g/mol. The number of ether oxygens (including phenoxy) is 1. The highest BCUT2D eigenvalue weighted by Gasteiger charge is 2.03. The Hall–Kier alpha value is -2.03. The first-order valence-electron chi connectivity index (χ1n) is 9.05. The van der Waals surface area contributed by atoms with E-state index in [9.17, 15) is 0 Å². The van der Waals surface area contributed by atoms with Crippen LogP contribution in [0.5, 0.6) is 5.75 Å². The van der Waals surface area contributed by atoms with Gasteiger partial charge in [0.2, 0.25) is 0 Å². The number of hydrogen-bond donors (Lipinski definition) is 2. The number of aromatic nitrogens is 2. The van der Waals surface area contributed by atoms with Gasteiger partial charge in [0.1, 0.15) is 12.4 Å². The molecule has 1 aromatic carbocycles. The van der Waals surface area contributed by atoms with Crippen LogP contribution in [0.25, 0.3) is 0 Å². The third kappa shape index (κ3) is 8.47. The molecule has 0 aliphatic heterocycles. The molecule has 7 heteroatoms. The molecule has 0 aliphatic rings. The summed E-state index contributed by atoms with van der Waals surface area (Å²) in [5.74, 6) is 1.66. The van der Waals surface area contributed by atoms with Crippen molar-refractivity contribution >= 4 is 29.9 Å². The summed E-state index contributed by atoms with van der Waals surface area (Å²) in [7, 11) is 0. The Morgan fingerprint density at radius 3 is 2.85 bits per heavy atom. The number of nitrogens with zero attached hydrogens (tertiary/aromatic N) is 3. The number of hydrogen-bond acceptors (Lipinski definition) is 3. The normalized spacial score (nSPS) is 10.8. The van der Waals surface area contributed by atoms with E-state index in [1.54, 1.807) is 6.08 Å². The van der Waals surface area contributed by atoms with Gasteiger partial charge >= 0.3 is 0 Å². The first-order chi connectivity index (χ1) is 12.7. The number of rotatable bonds is 10. The molecule has 0 saturated carbocycles. The fourth-order valence-electron chi connectivity index (χ4n) is 2.47. The van der Waals surface area contributed by atoms with Crippen LogP contribution < -0.4 is 15.4 Å². The highest BCUT2D eigenvalue weighted by molar-refractivity contribution is 14.0. The molecule has 2 N–H and O–H groups in total. The highest BCUT2D eigenvalue weighted by Crippen LogP contribution is 2.18. The van der Waals surface area contributed by atoms with Crippen LogP contribution in [0.4, 0.5) is 0 Å². The van der Waals surface area contributed by atoms with Crippen LogP contribution in [0, 0.1) is 6.92 Å². The Balaban J connectivity index is 0.00000364. The van der Waals surface area contributed by atoms with Gasteiger partial charge in [-0.3, -0.25) is 4.68 Å². The maximum Gasteiger partial charge on any atom is 0.191 e. The number of aryl methyl sites for hydroxylation is 2. The van der Waals surface area contributed by atoms with Crippen molar-refractivity contribution in [1.29, 1.82) is 0 Å². The van der Waals surface area contributed by atoms with Crippen LogP contribution in [0.3, 0.4) is 0 Å². The van der Waals surface area contributed by atoms with Gasteiger partial charge in [0.25, 0.3) is 0 Å². The van der Waals surface area contributed by atoms with Gasteiger partial charge in [-0.05, 0) is 31.9 Å². The van der Waals surface area contributed by atoms with E-state index in [0.29, 0.717) is 13.2 Å². The third-order valence-electron chi connectivity index (χ3n) is 3.70. The smallest absolute Gasteiger partial charge is 0.191 e. The second-order valence-electron chi connectivity index (χ2n) is 5.96. The molecule has 0 spiro atoms. The van der Waals surface area contributed by atoms with Gasteiger partial charge in [0.15, 0.2) is 5.96 Å². The molecular weight excluding hydrogens is 453 g/mol. The lowest BCUT2D eigenvalue weighted by Crippen LogP contribution is -2.38. The molecule has 0 aliphatic carbocycles. The van der Waals surface area contributed by atoms with E-state index in [1.807, 2.05) is 42.1 Å². The van der Waals surface area contributed by atoms with Gasteiger partial charge in [0, 0.05) is 31.4 Å².